The van der Waals surface area contributed by atoms with Gasteiger partial charge in [-0.1, -0.05) is 12.8 Å². The summed E-state index contributed by atoms with van der Waals surface area (Å²) in [6.45, 7) is 0.547. The summed E-state index contributed by atoms with van der Waals surface area (Å²) in [5.74, 6) is 0.0659. The number of carbonyl (C=O) groups excluding carboxylic acids is 1. The van der Waals surface area contributed by atoms with Crippen molar-refractivity contribution in [3.05, 3.63) is 24.2 Å². The van der Waals surface area contributed by atoms with Crippen LogP contribution in [0.5, 0.6) is 0 Å². The predicted molar refractivity (Wildman–Crippen MR) is 59.0 cm³/mol. The van der Waals surface area contributed by atoms with E-state index in [1.165, 1.54) is 12.5 Å². The average molecular weight is 223 g/mol. The lowest BCUT2D eigenvalue weighted by atomic mass is 9.86. The molecule has 1 fully saturated rings. The zero-order valence-electron chi connectivity index (χ0n) is 9.19. The number of furan rings is 1. The maximum Gasteiger partial charge on any atom is 0.254 e. The molecule has 1 aliphatic rings. The molecule has 1 aromatic heterocycles. The first-order chi connectivity index (χ1) is 7.77. The second-order valence-electron chi connectivity index (χ2n) is 4.33. The Morgan fingerprint density at radius 2 is 2.31 bits per heavy atom. The fourth-order valence-electron chi connectivity index (χ4n) is 2.15. The highest BCUT2D eigenvalue weighted by Gasteiger charge is 2.23. The van der Waals surface area contributed by atoms with Gasteiger partial charge in [-0.2, -0.15) is 0 Å². The Labute approximate surface area is 94.6 Å². The molecular formula is C12H17NO3. The molecule has 0 radical (unpaired) electrons. The average Bonchev–Trinajstić information content (AvgIpc) is 2.81. The largest absolute Gasteiger partial charge is 0.472 e. The van der Waals surface area contributed by atoms with Crippen molar-refractivity contribution in [3.63, 3.8) is 0 Å². The second kappa shape index (κ2) is 5.16. The summed E-state index contributed by atoms with van der Waals surface area (Å²) in [6.07, 6.45) is 6.71. The van der Waals surface area contributed by atoms with Gasteiger partial charge in [0.25, 0.3) is 5.91 Å². The number of hydrogen-bond donors (Lipinski definition) is 2. The Morgan fingerprint density at radius 3 is 3.00 bits per heavy atom. The second-order valence-corrected chi connectivity index (χ2v) is 4.33. The summed E-state index contributed by atoms with van der Waals surface area (Å²) in [7, 11) is 0. The van der Waals surface area contributed by atoms with Gasteiger partial charge in [-0.3, -0.25) is 4.79 Å². The van der Waals surface area contributed by atoms with Crippen LogP contribution in [0, 0.1) is 5.92 Å². The molecule has 0 bridgehead atoms. The van der Waals surface area contributed by atoms with Gasteiger partial charge in [-0.15, -0.1) is 0 Å². The highest BCUT2D eigenvalue weighted by molar-refractivity contribution is 5.93. The summed E-state index contributed by atoms with van der Waals surface area (Å²) in [5.41, 5.74) is 0.533. The van der Waals surface area contributed by atoms with Crippen LogP contribution in [0.15, 0.2) is 23.0 Å². The minimum atomic E-state index is -0.265. The molecule has 1 amide bonds. The first kappa shape index (κ1) is 11.2. The van der Waals surface area contributed by atoms with E-state index >= 15 is 0 Å². The summed E-state index contributed by atoms with van der Waals surface area (Å²) >= 11 is 0. The van der Waals surface area contributed by atoms with Crippen molar-refractivity contribution in [1.82, 2.24) is 5.32 Å². The van der Waals surface area contributed by atoms with Crippen LogP contribution in [0.25, 0.3) is 0 Å². The van der Waals surface area contributed by atoms with Crippen LogP contribution >= 0.6 is 0 Å². The van der Waals surface area contributed by atoms with Crippen molar-refractivity contribution in [3.8, 4) is 0 Å². The van der Waals surface area contributed by atoms with Gasteiger partial charge in [-0.25, -0.2) is 0 Å². The zero-order chi connectivity index (χ0) is 11.4. The van der Waals surface area contributed by atoms with Crippen LogP contribution < -0.4 is 5.32 Å². The van der Waals surface area contributed by atoms with Crippen LogP contribution in [-0.2, 0) is 0 Å². The monoisotopic (exact) mass is 223 g/mol. The third-order valence-electron chi connectivity index (χ3n) is 3.18. The Balaban J connectivity index is 1.80. The van der Waals surface area contributed by atoms with E-state index in [0.29, 0.717) is 12.1 Å². The van der Waals surface area contributed by atoms with E-state index in [9.17, 15) is 9.90 Å². The molecule has 2 rings (SSSR count). The number of aliphatic hydroxyl groups excluding tert-OH is 1. The molecule has 16 heavy (non-hydrogen) atoms. The summed E-state index contributed by atoms with van der Waals surface area (Å²) in [4.78, 5) is 11.6. The zero-order valence-corrected chi connectivity index (χ0v) is 9.19. The number of nitrogens with one attached hydrogen (secondary N) is 1. The lowest BCUT2D eigenvalue weighted by Gasteiger charge is -2.27. The van der Waals surface area contributed by atoms with Crippen LogP contribution in [-0.4, -0.2) is 23.7 Å². The topological polar surface area (TPSA) is 62.5 Å². The maximum atomic E-state index is 11.6. The lowest BCUT2D eigenvalue weighted by Crippen LogP contribution is -2.36. The maximum absolute atomic E-state index is 11.6. The normalized spacial score (nSPS) is 25.3. The standard InChI is InChI=1S/C12H17NO3/c14-11-4-2-1-3-9(11)7-13-12(15)10-5-6-16-8-10/h5-6,8-9,11,14H,1-4,7H2,(H,13,15). The molecule has 4 heteroatoms. The van der Waals surface area contributed by atoms with Crippen LogP contribution in [0.4, 0.5) is 0 Å². The molecule has 2 atom stereocenters. The first-order valence-electron chi connectivity index (χ1n) is 5.76. The number of amides is 1. The van der Waals surface area contributed by atoms with E-state index in [0.717, 1.165) is 25.7 Å². The Kier molecular flexibility index (Phi) is 3.62. The SMILES string of the molecule is O=C(NCC1CCCCC1O)c1ccoc1. The van der Waals surface area contributed by atoms with E-state index in [2.05, 4.69) is 5.32 Å². The molecule has 0 aromatic carbocycles. The Bertz CT molecular complexity index is 334. The summed E-state index contributed by atoms with van der Waals surface area (Å²) in [5, 5.41) is 12.6. The molecule has 1 heterocycles. The van der Waals surface area contributed by atoms with Gasteiger partial charge in [0, 0.05) is 12.5 Å². The third-order valence-corrected chi connectivity index (χ3v) is 3.18. The van der Waals surface area contributed by atoms with Crippen molar-refractivity contribution in [2.24, 2.45) is 5.92 Å². The number of hydrogen-bond acceptors (Lipinski definition) is 3. The summed E-state index contributed by atoms with van der Waals surface area (Å²) in [6, 6.07) is 1.63. The Hall–Kier alpha value is -1.29. The molecule has 0 aliphatic heterocycles. The smallest absolute Gasteiger partial charge is 0.254 e. The van der Waals surface area contributed by atoms with Gasteiger partial charge in [0.2, 0.25) is 0 Å². The van der Waals surface area contributed by atoms with E-state index in [1.54, 1.807) is 6.07 Å². The quantitative estimate of drug-likeness (QED) is 0.817. The molecule has 1 aliphatic carbocycles. The number of carbonyl (C=O) groups is 1. The van der Waals surface area contributed by atoms with E-state index in [-0.39, 0.29) is 17.9 Å². The van der Waals surface area contributed by atoms with Gasteiger partial charge < -0.3 is 14.8 Å². The molecule has 4 nitrogen and oxygen atoms in total. The van der Waals surface area contributed by atoms with E-state index in [1.807, 2.05) is 0 Å². The number of aliphatic hydroxyl groups is 1. The van der Waals surface area contributed by atoms with Crippen molar-refractivity contribution in [1.29, 1.82) is 0 Å². The van der Waals surface area contributed by atoms with Crippen molar-refractivity contribution in [2.45, 2.75) is 31.8 Å². The minimum absolute atomic E-state index is 0.133. The molecule has 2 N–H and O–H groups in total. The highest BCUT2D eigenvalue weighted by Crippen LogP contribution is 2.23. The van der Waals surface area contributed by atoms with Crippen molar-refractivity contribution in [2.75, 3.05) is 6.54 Å². The van der Waals surface area contributed by atoms with E-state index in [4.69, 9.17) is 4.42 Å². The molecule has 2 unspecified atom stereocenters. The predicted octanol–water partition coefficient (Wildman–Crippen LogP) is 1.56. The molecule has 1 aromatic rings. The fraction of sp³-hybridized carbons (Fsp3) is 0.583. The third kappa shape index (κ3) is 2.64. The Morgan fingerprint density at radius 1 is 1.50 bits per heavy atom. The fourth-order valence-corrected chi connectivity index (χ4v) is 2.15. The van der Waals surface area contributed by atoms with Crippen LogP contribution in [0.1, 0.15) is 36.0 Å². The van der Waals surface area contributed by atoms with Crippen molar-refractivity contribution >= 4 is 5.91 Å². The number of rotatable bonds is 3. The van der Waals surface area contributed by atoms with Gasteiger partial charge in [-0.05, 0) is 18.9 Å². The summed E-state index contributed by atoms with van der Waals surface area (Å²) < 4.78 is 4.84. The minimum Gasteiger partial charge on any atom is -0.472 e. The molecular weight excluding hydrogens is 206 g/mol. The highest BCUT2D eigenvalue weighted by atomic mass is 16.3. The van der Waals surface area contributed by atoms with Gasteiger partial charge in [0.15, 0.2) is 0 Å². The van der Waals surface area contributed by atoms with Crippen LogP contribution in [0.2, 0.25) is 0 Å². The lowest BCUT2D eigenvalue weighted by molar-refractivity contribution is 0.0663. The van der Waals surface area contributed by atoms with Gasteiger partial charge in [0.05, 0.1) is 17.9 Å². The van der Waals surface area contributed by atoms with Gasteiger partial charge >= 0.3 is 0 Å². The van der Waals surface area contributed by atoms with Crippen molar-refractivity contribution < 1.29 is 14.3 Å². The van der Waals surface area contributed by atoms with Crippen LogP contribution in [0.3, 0.4) is 0 Å². The van der Waals surface area contributed by atoms with Gasteiger partial charge in [0.1, 0.15) is 6.26 Å². The van der Waals surface area contributed by atoms with E-state index < -0.39 is 0 Å². The molecule has 1 saturated carbocycles. The molecule has 0 saturated heterocycles. The first-order valence-corrected chi connectivity index (χ1v) is 5.76. The molecule has 0 spiro atoms. The molecule has 88 valence electrons.